The maximum absolute atomic E-state index is 12.1. The molecule has 5 heteroatoms. The average molecular weight is 588 g/mol. The molecule has 0 spiro atoms. The molecule has 4 fully saturated rings. The van der Waals surface area contributed by atoms with Crippen molar-refractivity contribution in [2.75, 3.05) is 7.11 Å². The van der Waals surface area contributed by atoms with Gasteiger partial charge >= 0.3 is 12.1 Å². The summed E-state index contributed by atoms with van der Waals surface area (Å²) in [6.07, 6.45) is 11.6. The van der Waals surface area contributed by atoms with E-state index in [9.17, 15) is 14.7 Å². The van der Waals surface area contributed by atoms with Crippen LogP contribution in [-0.4, -0.2) is 29.8 Å². The first-order valence-corrected chi connectivity index (χ1v) is 16.7. The molecule has 1 aromatic rings. The number of amides is 1. The predicted molar refractivity (Wildman–Crippen MR) is 172 cm³/mol. The second kappa shape index (κ2) is 9.97. The highest BCUT2D eigenvalue weighted by molar-refractivity contribution is 5.90. The highest BCUT2D eigenvalue weighted by atomic mass is 16.5. The number of benzene rings is 1. The van der Waals surface area contributed by atoms with Crippen LogP contribution in [0.4, 0.5) is 4.79 Å². The lowest BCUT2D eigenvalue weighted by molar-refractivity contribution is -0.218. The van der Waals surface area contributed by atoms with Gasteiger partial charge in [-0.05, 0) is 139 Å². The Kier molecular flexibility index (Phi) is 7.07. The number of carbonyl (C=O) groups is 2. The van der Waals surface area contributed by atoms with Crippen LogP contribution in [0.5, 0.6) is 0 Å². The van der Waals surface area contributed by atoms with Gasteiger partial charge in [-0.2, -0.15) is 0 Å². The lowest BCUT2D eigenvalue weighted by atomic mass is 9.33. The van der Waals surface area contributed by atoms with Gasteiger partial charge in [0.1, 0.15) is 0 Å². The van der Waals surface area contributed by atoms with Gasteiger partial charge in [0.25, 0.3) is 0 Å². The topological polar surface area (TPSA) is 75.6 Å². The van der Waals surface area contributed by atoms with Crippen molar-refractivity contribution in [3.63, 3.8) is 0 Å². The number of carboxylic acid groups (broad SMARTS) is 1. The molecule has 0 aliphatic heterocycles. The number of hydrogen-bond acceptors (Lipinski definition) is 3. The average Bonchev–Trinajstić information content (AvgIpc) is 3.32. The summed E-state index contributed by atoms with van der Waals surface area (Å²) in [6.45, 7) is 19.3. The third kappa shape index (κ3) is 4.15. The van der Waals surface area contributed by atoms with E-state index in [0.29, 0.717) is 35.2 Å². The van der Waals surface area contributed by atoms with E-state index in [0.717, 1.165) is 32.1 Å². The zero-order valence-electron chi connectivity index (χ0n) is 27.5. The molecule has 5 aliphatic rings. The summed E-state index contributed by atoms with van der Waals surface area (Å²) in [5.41, 5.74) is 4.75. The number of rotatable bonds is 4. The fraction of sp³-hybridized carbons (Fsp3) is 0.684. The van der Waals surface area contributed by atoms with Crippen LogP contribution in [0.3, 0.4) is 0 Å². The first-order valence-electron chi connectivity index (χ1n) is 16.7. The lowest BCUT2D eigenvalue weighted by Crippen LogP contribution is -2.68. The lowest BCUT2D eigenvalue weighted by Gasteiger charge is -2.72. The van der Waals surface area contributed by atoms with Crippen LogP contribution in [0.2, 0.25) is 0 Å². The van der Waals surface area contributed by atoms with Crippen molar-refractivity contribution in [1.82, 2.24) is 5.32 Å². The zero-order valence-corrected chi connectivity index (χ0v) is 27.5. The number of fused-ring (bicyclic) bond motifs is 7. The van der Waals surface area contributed by atoms with Crippen molar-refractivity contribution >= 4 is 17.6 Å². The minimum atomic E-state index is -0.865. The number of allylic oxidation sites excluding steroid dienone is 3. The van der Waals surface area contributed by atoms with Gasteiger partial charge in [0.05, 0.1) is 12.7 Å². The van der Waals surface area contributed by atoms with Gasteiger partial charge in [0.15, 0.2) is 0 Å². The monoisotopic (exact) mass is 587 g/mol. The number of nitrogens with one attached hydrogen (secondary N) is 1. The summed E-state index contributed by atoms with van der Waals surface area (Å²) >= 11 is 0. The quantitative estimate of drug-likeness (QED) is 0.272. The van der Waals surface area contributed by atoms with E-state index >= 15 is 0 Å². The SMILES string of the molecule is C=C(C)[C@@H]1CC[C@@]2(NC(=O)O)CC[C@]3(C)[C@H](CC[C@@H]4[C@@]5(C)CC=C(c6ccc(C(=O)OC)cc6)C(C)(C)[C@@H]5CC[C@]43C)[C@@H]12. The molecule has 6 rings (SSSR count). The molecule has 0 bridgehead atoms. The first kappa shape index (κ1) is 30.5. The Morgan fingerprint density at radius 1 is 0.907 bits per heavy atom. The summed E-state index contributed by atoms with van der Waals surface area (Å²) in [5, 5.41) is 13.1. The molecule has 9 atom stereocenters. The Hall–Kier alpha value is -2.56. The highest BCUT2D eigenvalue weighted by Crippen LogP contribution is 2.76. The molecule has 43 heavy (non-hydrogen) atoms. The number of methoxy groups -OCH3 is 1. The maximum atomic E-state index is 12.1. The van der Waals surface area contributed by atoms with Gasteiger partial charge in [-0.1, -0.05) is 65.0 Å². The number of hydrogen-bond donors (Lipinski definition) is 2. The van der Waals surface area contributed by atoms with Crippen molar-refractivity contribution in [2.24, 2.45) is 51.2 Å². The third-order valence-electron chi connectivity index (χ3n) is 14.6. The summed E-state index contributed by atoms with van der Waals surface area (Å²) in [7, 11) is 1.43. The molecule has 1 amide bonds. The summed E-state index contributed by atoms with van der Waals surface area (Å²) in [6, 6.07) is 7.99. The largest absolute Gasteiger partial charge is 0.465 e. The standard InChI is InChI=1S/C38H53NO4/c1-23(2)26-15-20-38(39-33(41)42)22-21-36(6)28(31(26)38)13-14-30-35(5)18-16-27(24-9-11-25(12-10-24)32(40)43-8)34(3,4)29(35)17-19-37(30,36)7/h9-12,16,26,28-31,39H,1,13-15,17-22H2,2-8H3,(H,41,42)/t26-,28+,29-,30+,31+,35-,36+,37+,38+/m0/s1. The van der Waals surface area contributed by atoms with E-state index in [1.165, 1.54) is 49.5 Å². The van der Waals surface area contributed by atoms with Gasteiger partial charge < -0.3 is 15.2 Å². The van der Waals surface area contributed by atoms with Crippen LogP contribution < -0.4 is 5.32 Å². The number of carbonyl (C=O) groups excluding carboxylic acids is 1. The second-order valence-corrected chi connectivity index (χ2v) is 16.4. The minimum absolute atomic E-state index is 0.0164. The molecule has 0 aromatic heterocycles. The van der Waals surface area contributed by atoms with Gasteiger partial charge in [0.2, 0.25) is 0 Å². The molecule has 5 aliphatic carbocycles. The Balaban J connectivity index is 1.35. The molecule has 5 nitrogen and oxygen atoms in total. The summed E-state index contributed by atoms with van der Waals surface area (Å²) in [5.74, 6) is 2.15. The fourth-order valence-electron chi connectivity index (χ4n) is 12.6. The first-order chi connectivity index (χ1) is 20.1. The second-order valence-electron chi connectivity index (χ2n) is 16.4. The van der Waals surface area contributed by atoms with Crippen LogP contribution in [0.15, 0.2) is 42.5 Å². The molecule has 0 unspecified atom stereocenters. The molecule has 1 aromatic carbocycles. The van der Waals surface area contributed by atoms with E-state index in [1.54, 1.807) is 0 Å². The molecule has 0 radical (unpaired) electrons. The molecule has 2 N–H and O–H groups in total. The Morgan fingerprint density at radius 2 is 1.60 bits per heavy atom. The van der Waals surface area contributed by atoms with Crippen LogP contribution in [0, 0.1) is 51.2 Å². The molecule has 234 valence electrons. The fourth-order valence-corrected chi connectivity index (χ4v) is 12.6. The van der Waals surface area contributed by atoms with E-state index in [2.05, 4.69) is 71.6 Å². The molecular formula is C38H53NO4. The van der Waals surface area contributed by atoms with E-state index in [4.69, 9.17) is 4.74 Å². The maximum Gasteiger partial charge on any atom is 0.405 e. The van der Waals surface area contributed by atoms with Crippen LogP contribution in [-0.2, 0) is 4.74 Å². The van der Waals surface area contributed by atoms with Crippen molar-refractivity contribution < 1.29 is 19.4 Å². The number of esters is 1. The highest BCUT2D eigenvalue weighted by Gasteiger charge is 2.70. The number of ether oxygens (including phenoxy) is 1. The Bertz CT molecular complexity index is 1360. The molecule has 0 saturated heterocycles. The zero-order chi connectivity index (χ0) is 31.2. The molecular weight excluding hydrogens is 534 g/mol. The van der Waals surface area contributed by atoms with E-state index in [-0.39, 0.29) is 33.2 Å². The van der Waals surface area contributed by atoms with Gasteiger partial charge in [-0.25, -0.2) is 9.59 Å². The minimum Gasteiger partial charge on any atom is -0.465 e. The predicted octanol–water partition coefficient (Wildman–Crippen LogP) is 9.14. The van der Waals surface area contributed by atoms with Gasteiger partial charge in [0, 0.05) is 5.54 Å². The van der Waals surface area contributed by atoms with E-state index in [1.807, 2.05) is 12.1 Å². The Morgan fingerprint density at radius 3 is 2.23 bits per heavy atom. The third-order valence-corrected chi connectivity index (χ3v) is 14.6. The van der Waals surface area contributed by atoms with E-state index < -0.39 is 6.09 Å². The Labute approximate surface area is 258 Å². The van der Waals surface area contributed by atoms with Crippen molar-refractivity contribution in [3.8, 4) is 0 Å². The summed E-state index contributed by atoms with van der Waals surface area (Å²) < 4.78 is 4.93. The van der Waals surface area contributed by atoms with Gasteiger partial charge in [-0.3, -0.25) is 0 Å². The summed E-state index contributed by atoms with van der Waals surface area (Å²) in [4.78, 5) is 24.2. The van der Waals surface area contributed by atoms with Crippen LogP contribution in [0.25, 0.3) is 5.57 Å². The van der Waals surface area contributed by atoms with Crippen LogP contribution in [0.1, 0.15) is 115 Å². The van der Waals surface area contributed by atoms with Gasteiger partial charge in [-0.15, -0.1) is 0 Å². The molecule has 4 saturated carbocycles. The normalized spacial score (nSPS) is 42.8. The van der Waals surface area contributed by atoms with Crippen molar-refractivity contribution in [1.29, 1.82) is 0 Å². The van der Waals surface area contributed by atoms with Crippen molar-refractivity contribution in [3.05, 3.63) is 53.6 Å². The van der Waals surface area contributed by atoms with Crippen molar-refractivity contribution in [2.45, 2.75) is 105 Å². The molecule has 0 heterocycles. The van der Waals surface area contributed by atoms with Crippen LogP contribution >= 0.6 is 0 Å². The smallest absolute Gasteiger partial charge is 0.405 e.